The monoisotopic (exact) mass is 237 g/mol. The first kappa shape index (κ1) is 22.5. The molecule has 0 unspecified atom stereocenters. The van der Waals surface area contributed by atoms with E-state index in [1.807, 2.05) is 0 Å². The quantitative estimate of drug-likeness (QED) is 0.384. The first-order chi connectivity index (χ1) is 5.20. The molecule has 0 saturated heterocycles. The van der Waals surface area contributed by atoms with E-state index >= 15 is 0 Å². The van der Waals surface area contributed by atoms with Crippen molar-refractivity contribution in [3.63, 3.8) is 0 Å². The average molecular weight is 237 g/mol. The van der Waals surface area contributed by atoms with Crippen molar-refractivity contribution in [3.8, 4) is 0 Å². The largest absolute Gasteiger partial charge is 2.00 e. The molecule has 0 aromatic heterocycles. The van der Waals surface area contributed by atoms with Gasteiger partial charge in [-0.15, -0.1) is 0 Å². The summed E-state index contributed by atoms with van der Waals surface area (Å²) in [6.07, 6.45) is 0. The normalized spacial score (nSPS) is 5.54. The fourth-order valence-electron chi connectivity index (χ4n) is 0. The molecule has 13 heteroatoms. The molecular weight excluding hydrogens is 237 g/mol. The van der Waals surface area contributed by atoms with Crippen LogP contribution in [0.25, 0.3) is 0 Å². The van der Waals surface area contributed by atoms with Gasteiger partial charge >= 0.3 is 18.6 Å². The third-order valence-corrected chi connectivity index (χ3v) is 0. The molecule has 0 saturated carbocycles. The first-order valence-electron chi connectivity index (χ1n) is 1.64. The number of nitrogens with zero attached hydrogens (tertiary/aromatic N) is 3. The van der Waals surface area contributed by atoms with E-state index in [0.29, 0.717) is 0 Å². The smallest absolute Gasteiger partial charge is 0.356 e. The summed E-state index contributed by atoms with van der Waals surface area (Å²) in [5, 5.41) is 44.2. The van der Waals surface area contributed by atoms with Crippen LogP contribution in [0.1, 0.15) is 0 Å². The summed E-state index contributed by atoms with van der Waals surface area (Å²) >= 11 is 0. The van der Waals surface area contributed by atoms with E-state index in [2.05, 4.69) is 0 Å². The van der Waals surface area contributed by atoms with Crippen LogP contribution in [0.3, 0.4) is 0 Å². The SMILES string of the molecule is O=[N+]([O-])[O-].O=[N+]([O-])[O-].O=[N+]([O-])[O-].[V+2]. The van der Waals surface area contributed by atoms with Gasteiger partial charge in [-0.1, -0.05) is 0 Å². The Morgan fingerprint density at radius 2 is 0.538 bits per heavy atom. The maximum atomic E-state index is 8.25. The van der Waals surface area contributed by atoms with Gasteiger partial charge in [-0.05, 0) is 0 Å². The minimum atomic E-state index is -1.75. The number of hydrogen-bond acceptors (Lipinski definition) is 9. The van der Waals surface area contributed by atoms with Crippen molar-refractivity contribution >= 4 is 0 Å². The Morgan fingerprint density at radius 1 is 0.538 bits per heavy atom. The molecule has 1 radical (unpaired) electrons. The summed E-state index contributed by atoms with van der Waals surface area (Å²) in [6, 6.07) is 0. The molecule has 0 aromatic rings. The van der Waals surface area contributed by atoms with Crippen molar-refractivity contribution < 1.29 is 33.8 Å². The number of hydrogen-bond donors (Lipinski definition) is 0. The van der Waals surface area contributed by atoms with Crippen LogP contribution in [0, 0.1) is 46.0 Å². The predicted octanol–water partition coefficient (Wildman–Crippen LogP) is -0.720. The Balaban J connectivity index is -0.0000000450. The molecule has 0 aliphatic carbocycles. The standard InChI is InChI=1S/3NO3.V/c3*2-1(3)4;/q3*-1;+2. The zero-order valence-electron chi connectivity index (χ0n) is 5.46. The predicted molar refractivity (Wildman–Crippen MR) is 31.1 cm³/mol. The van der Waals surface area contributed by atoms with E-state index in [1.54, 1.807) is 0 Å². The van der Waals surface area contributed by atoms with E-state index in [0.717, 1.165) is 0 Å². The fourth-order valence-corrected chi connectivity index (χ4v) is 0. The maximum Gasteiger partial charge on any atom is 2.00 e. The van der Waals surface area contributed by atoms with Gasteiger partial charge in [0.15, 0.2) is 0 Å². The Morgan fingerprint density at radius 3 is 0.538 bits per heavy atom. The minimum Gasteiger partial charge on any atom is -0.356 e. The summed E-state index contributed by atoms with van der Waals surface area (Å²) in [5.74, 6) is 0. The third-order valence-electron chi connectivity index (χ3n) is 0. The van der Waals surface area contributed by atoms with Gasteiger partial charge in [0.05, 0.1) is 15.3 Å². The molecule has 0 aromatic carbocycles. The van der Waals surface area contributed by atoms with Crippen LogP contribution < -0.4 is 0 Å². The van der Waals surface area contributed by atoms with Crippen LogP contribution in [0.15, 0.2) is 0 Å². The van der Waals surface area contributed by atoms with Gasteiger partial charge in [-0.3, -0.25) is 0 Å². The molecule has 0 N–H and O–H groups in total. The molecule has 0 fully saturated rings. The Hall–Kier alpha value is -1.82. The zero-order valence-corrected chi connectivity index (χ0v) is 6.86. The molecule has 0 aliphatic heterocycles. The molecular formula is N3O9V-. The molecule has 13 heavy (non-hydrogen) atoms. The van der Waals surface area contributed by atoms with Crippen molar-refractivity contribution in [2.75, 3.05) is 0 Å². The van der Waals surface area contributed by atoms with Gasteiger partial charge in [-0.25, -0.2) is 0 Å². The molecule has 0 rings (SSSR count). The van der Waals surface area contributed by atoms with Crippen LogP contribution in [0.5, 0.6) is 0 Å². The zero-order chi connectivity index (χ0) is 10.7. The Kier molecular flexibility index (Phi) is 28.8. The van der Waals surface area contributed by atoms with Crippen LogP contribution >= 0.6 is 0 Å². The van der Waals surface area contributed by atoms with Gasteiger partial charge in [0.2, 0.25) is 0 Å². The van der Waals surface area contributed by atoms with Crippen molar-refractivity contribution in [1.29, 1.82) is 0 Å². The van der Waals surface area contributed by atoms with E-state index in [-0.39, 0.29) is 18.6 Å². The van der Waals surface area contributed by atoms with Gasteiger partial charge in [0.1, 0.15) is 0 Å². The van der Waals surface area contributed by atoms with Crippen molar-refractivity contribution in [3.05, 3.63) is 46.0 Å². The van der Waals surface area contributed by atoms with Crippen LogP contribution in [-0.2, 0) is 18.6 Å². The molecule has 0 amide bonds. The molecule has 0 heterocycles. The number of rotatable bonds is 0. The van der Waals surface area contributed by atoms with E-state index in [1.165, 1.54) is 0 Å². The topological polar surface area (TPSA) is 199 Å². The van der Waals surface area contributed by atoms with E-state index in [9.17, 15) is 0 Å². The molecule has 0 bridgehead atoms. The average Bonchev–Trinajstić information content (AvgIpc) is 1.54. The maximum absolute atomic E-state index is 8.25. The first-order valence-corrected chi connectivity index (χ1v) is 1.64. The van der Waals surface area contributed by atoms with Crippen LogP contribution in [0.4, 0.5) is 0 Å². The van der Waals surface area contributed by atoms with Gasteiger partial charge in [0, 0.05) is 0 Å². The fraction of sp³-hybridized carbons (Fsp3) is 0. The van der Waals surface area contributed by atoms with Crippen LogP contribution in [0.2, 0.25) is 0 Å². The summed E-state index contributed by atoms with van der Waals surface area (Å²) in [7, 11) is 0. The van der Waals surface area contributed by atoms with Gasteiger partial charge in [0.25, 0.3) is 0 Å². The van der Waals surface area contributed by atoms with E-state index in [4.69, 9.17) is 46.0 Å². The second-order valence-corrected chi connectivity index (χ2v) is 0.671. The van der Waals surface area contributed by atoms with Gasteiger partial charge < -0.3 is 46.0 Å². The Labute approximate surface area is 80.6 Å². The molecule has 12 nitrogen and oxygen atoms in total. The summed E-state index contributed by atoms with van der Waals surface area (Å²) < 4.78 is 0. The third kappa shape index (κ3) is 207. The van der Waals surface area contributed by atoms with E-state index < -0.39 is 15.3 Å². The van der Waals surface area contributed by atoms with Crippen molar-refractivity contribution in [2.45, 2.75) is 0 Å². The summed E-state index contributed by atoms with van der Waals surface area (Å²) in [6.45, 7) is 0. The minimum absolute atomic E-state index is 0. The van der Waals surface area contributed by atoms with Crippen molar-refractivity contribution in [1.82, 2.24) is 0 Å². The second kappa shape index (κ2) is 16.6. The molecule has 0 spiro atoms. The van der Waals surface area contributed by atoms with Crippen molar-refractivity contribution in [2.24, 2.45) is 0 Å². The molecule has 0 atom stereocenters. The molecule has 0 aliphatic rings. The summed E-state index contributed by atoms with van der Waals surface area (Å²) in [4.78, 5) is 24.8. The van der Waals surface area contributed by atoms with Gasteiger partial charge in [-0.2, -0.15) is 0 Å². The summed E-state index contributed by atoms with van der Waals surface area (Å²) in [5.41, 5.74) is 0. The molecule has 75 valence electrons. The second-order valence-electron chi connectivity index (χ2n) is 0.671. The van der Waals surface area contributed by atoms with Crippen LogP contribution in [-0.4, -0.2) is 15.3 Å². The Bertz CT molecular complexity index is 112.